The highest BCUT2D eigenvalue weighted by Gasteiger charge is 2.26. The van der Waals surface area contributed by atoms with E-state index < -0.39 is 0 Å². The van der Waals surface area contributed by atoms with Crippen molar-refractivity contribution in [2.24, 2.45) is 13.0 Å². The van der Waals surface area contributed by atoms with Crippen LogP contribution in [0.15, 0.2) is 41.2 Å². The summed E-state index contributed by atoms with van der Waals surface area (Å²) >= 11 is 0. The number of carbonyl (C=O) groups is 2. The number of amides is 2. The van der Waals surface area contributed by atoms with Crippen molar-refractivity contribution >= 4 is 29.0 Å². The Bertz CT molecular complexity index is 900. The molecule has 0 bridgehead atoms. The molecule has 1 fully saturated rings. The molecule has 0 atom stereocenters. The average molecular weight is 369 g/mol. The van der Waals surface area contributed by atoms with E-state index in [0.29, 0.717) is 37.3 Å². The van der Waals surface area contributed by atoms with Gasteiger partial charge in [-0.3, -0.25) is 14.4 Å². The van der Waals surface area contributed by atoms with E-state index in [2.05, 4.69) is 20.6 Å². The van der Waals surface area contributed by atoms with Crippen LogP contribution in [0.3, 0.4) is 0 Å². The summed E-state index contributed by atoms with van der Waals surface area (Å²) in [4.78, 5) is 37.3. The number of rotatable bonds is 4. The van der Waals surface area contributed by atoms with Crippen molar-refractivity contribution in [3.63, 3.8) is 0 Å². The Morgan fingerprint density at radius 2 is 1.74 bits per heavy atom. The van der Waals surface area contributed by atoms with E-state index in [0.717, 1.165) is 5.82 Å². The first kappa shape index (κ1) is 18.6. The fraction of sp³-hybridized carbons (Fsp3) is 0.368. The Labute approximate surface area is 157 Å². The summed E-state index contributed by atoms with van der Waals surface area (Å²) in [7, 11) is 1.63. The normalized spacial score (nSPS) is 14.7. The zero-order valence-electron chi connectivity index (χ0n) is 15.4. The molecule has 8 heteroatoms. The molecule has 2 amide bonds. The molecule has 3 rings (SSSR count). The maximum atomic E-state index is 12.6. The van der Waals surface area contributed by atoms with Crippen LogP contribution in [0.25, 0.3) is 0 Å². The van der Waals surface area contributed by atoms with E-state index in [1.807, 2.05) is 0 Å². The van der Waals surface area contributed by atoms with Gasteiger partial charge in [0, 0.05) is 50.4 Å². The molecule has 2 aromatic rings. The van der Waals surface area contributed by atoms with Crippen molar-refractivity contribution in [1.82, 2.24) is 9.78 Å². The first-order valence-corrected chi connectivity index (χ1v) is 8.90. The fourth-order valence-corrected chi connectivity index (χ4v) is 3.15. The van der Waals surface area contributed by atoms with E-state index >= 15 is 0 Å². The van der Waals surface area contributed by atoms with Crippen LogP contribution >= 0.6 is 0 Å². The van der Waals surface area contributed by atoms with Gasteiger partial charge in [0.05, 0.1) is 0 Å². The van der Waals surface area contributed by atoms with Crippen LogP contribution < -0.4 is 21.1 Å². The van der Waals surface area contributed by atoms with Crippen LogP contribution in [-0.4, -0.2) is 34.7 Å². The molecule has 142 valence electrons. The largest absolute Gasteiger partial charge is 0.355 e. The molecular formula is C19H23N5O3. The zero-order valence-corrected chi connectivity index (χ0v) is 15.4. The van der Waals surface area contributed by atoms with Gasteiger partial charge in [-0.1, -0.05) is 6.07 Å². The molecule has 0 radical (unpaired) electrons. The molecule has 27 heavy (non-hydrogen) atoms. The number of piperidine rings is 1. The standard InChI is InChI=1S/C19H23N5O3/c1-13(25)20-15-4-3-5-16(12-15)21-19(27)14-8-10-24(11-9-14)17-6-7-18(26)23(2)22-17/h3-7,12,14H,8-11H2,1-2H3,(H,20,25)(H,21,27). The Morgan fingerprint density at radius 1 is 1.07 bits per heavy atom. The quantitative estimate of drug-likeness (QED) is 0.853. The lowest BCUT2D eigenvalue weighted by Crippen LogP contribution is -2.39. The molecule has 0 saturated carbocycles. The van der Waals surface area contributed by atoms with Crippen LogP contribution in [0, 0.1) is 5.92 Å². The highest BCUT2D eigenvalue weighted by atomic mass is 16.2. The lowest BCUT2D eigenvalue weighted by Gasteiger charge is -2.32. The highest BCUT2D eigenvalue weighted by molar-refractivity contribution is 5.94. The summed E-state index contributed by atoms with van der Waals surface area (Å²) in [6, 6.07) is 10.3. The third-order valence-electron chi connectivity index (χ3n) is 4.59. The second kappa shape index (κ2) is 8.03. The highest BCUT2D eigenvalue weighted by Crippen LogP contribution is 2.23. The lowest BCUT2D eigenvalue weighted by molar-refractivity contribution is -0.120. The summed E-state index contributed by atoms with van der Waals surface area (Å²) in [6.07, 6.45) is 1.42. The molecule has 1 aromatic carbocycles. The van der Waals surface area contributed by atoms with Crippen LogP contribution in [0.4, 0.5) is 17.2 Å². The number of nitrogens with one attached hydrogen (secondary N) is 2. The summed E-state index contributed by atoms with van der Waals surface area (Å²) in [5, 5.41) is 9.89. The van der Waals surface area contributed by atoms with Crippen molar-refractivity contribution in [3.8, 4) is 0 Å². The fourth-order valence-electron chi connectivity index (χ4n) is 3.15. The number of anilines is 3. The van der Waals surface area contributed by atoms with Gasteiger partial charge in [-0.25, -0.2) is 4.68 Å². The maximum Gasteiger partial charge on any atom is 0.266 e. The van der Waals surface area contributed by atoms with Crippen LogP contribution in [0.2, 0.25) is 0 Å². The molecule has 0 unspecified atom stereocenters. The number of hydrogen-bond donors (Lipinski definition) is 2. The molecular weight excluding hydrogens is 346 g/mol. The third-order valence-corrected chi connectivity index (χ3v) is 4.59. The second-order valence-electron chi connectivity index (χ2n) is 6.67. The van der Waals surface area contributed by atoms with Gasteiger partial charge in [-0.15, -0.1) is 0 Å². The molecule has 0 aliphatic carbocycles. The Morgan fingerprint density at radius 3 is 2.37 bits per heavy atom. The third kappa shape index (κ3) is 4.72. The summed E-state index contributed by atoms with van der Waals surface area (Å²) in [5.74, 6) is 0.484. The number of hydrogen-bond acceptors (Lipinski definition) is 5. The number of aryl methyl sites for hydroxylation is 1. The molecule has 2 heterocycles. The van der Waals surface area contributed by atoms with Crippen molar-refractivity contribution in [2.45, 2.75) is 19.8 Å². The predicted molar refractivity (Wildman–Crippen MR) is 104 cm³/mol. The molecule has 8 nitrogen and oxygen atoms in total. The van der Waals surface area contributed by atoms with Crippen molar-refractivity contribution in [3.05, 3.63) is 46.8 Å². The molecule has 1 aliphatic heterocycles. The zero-order chi connectivity index (χ0) is 19.4. The van der Waals surface area contributed by atoms with E-state index in [1.54, 1.807) is 37.4 Å². The van der Waals surface area contributed by atoms with E-state index in [-0.39, 0.29) is 23.3 Å². The minimum atomic E-state index is -0.155. The SMILES string of the molecule is CC(=O)Nc1cccc(NC(=O)C2CCN(c3ccc(=O)n(C)n3)CC2)c1. The van der Waals surface area contributed by atoms with Crippen molar-refractivity contribution in [1.29, 1.82) is 0 Å². The Kier molecular flexibility index (Phi) is 5.54. The molecule has 0 spiro atoms. The number of carbonyl (C=O) groups excluding carboxylic acids is 2. The summed E-state index contributed by atoms with van der Waals surface area (Å²) in [6.45, 7) is 2.85. The van der Waals surface area contributed by atoms with Crippen LogP contribution in [0.5, 0.6) is 0 Å². The maximum absolute atomic E-state index is 12.6. The van der Waals surface area contributed by atoms with Gasteiger partial charge in [0.15, 0.2) is 0 Å². The Hall–Kier alpha value is -3.16. The lowest BCUT2D eigenvalue weighted by atomic mass is 9.96. The number of nitrogens with zero attached hydrogens (tertiary/aromatic N) is 3. The van der Waals surface area contributed by atoms with Gasteiger partial charge < -0.3 is 15.5 Å². The number of benzene rings is 1. The molecule has 1 saturated heterocycles. The smallest absolute Gasteiger partial charge is 0.266 e. The summed E-state index contributed by atoms with van der Waals surface area (Å²) < 4.78 is 1.32. The molecule has 1 aliphatic rings. The summed E-state index contributed by atoms with van der Waals surface area (Å²) in [5.41, 5.74) is 1.17. The van der Waals surface area contributed by atoms with Gasteiger partial charge in [0.25, 0.3) is 5.56 Å². The monoisotopic (exact) mass is 369 g/mol. The van der Waals surface area contributed by atoms with Gasteiger partial charge in [-0.05, 0) is 37.1 Å². The first-order chi connectivity index (χ1) is 12.9. The molecule has 1 aromatic heterocycles. The number of aromatic nitrogens is 2. The minimum Gasteiger partial charge on any atom is -0.355 e. The molecule has 2 N–H and O–H groups in total. The first-order valence-electron chi connectivity index (χ1n) is 8.90. The van der Waals surface area contributed by atoms with E-state index in [9.17, 15) is 14.4 Å². The van der Waals surface area contributed by atoms with Gasteiger partial charge >= 0.3 is 0 Å². The topological polar surface area (TPSA) is 96.3 Å². The minimum absolute atomic E-state index is 0.0250. The van der Waals surface area contributed by atoms with Crippen LogP contribution in [0.1, 0.15) is 19.8 Å². The van der Waals surface area contributed by atoms with Crippen molar-refractivity contribution < 1.29 is 9.59 Å². The van der Waals surface area contributed by atoms with E-state index in [4.69, 9.17) is 0 Å². The average Bonchev–Trinajstić information content (AvgIpc) is 2.64. The van der Waals surface area contributed by atoms with Gasteiger partial charge in [0.1, 0.15) is 5.82 Å². The van der Waals surface area contributed by atoms with Crippen molar-refractivity contribution in [2.75, 3.05) is 28.6 Å². The van der Waals surface area contributed by atoms with Crippen LogP contribution in [-0.2, 0) is 16.6 Å². The van der Waals surface area contributed by atoms with Gasteiger partial charge in [-0.2, -0.15) is 5.10 Å². The predicted octanol–water partition coefficient (Wildman–Crippen LogP) is 1.59. The Balaban J connectivity index is 1.57. The van der Waals surface area contributed by atoms with E-state index in [1.165, 1.54) is 17.7 Å². The van der Waals surface area contributed by atoms with Gasteiger partial charge in [0.2, 0.25) is 11.8 Å². The second-order valence-corrected chi connectivity index (χ2v) is 6.67.